The van der Waals surface area contributed by atoms with E-state index in [-0.39, 0.29) is 5.75 Å². The Labute approximate surface area is 116 Å². The monoisotopic (exact) mass is 269 g/mol. The molecule has 20 heavy (non-hydrogen) atoms. The Hall–Kier alpha value is -2.69. The van der Waals surface area contributed by atoms with Crippen molar-refractivity contribution in [2.75, 3.05) is 12.8 Å². The number of methoxy groups -OCH3 is 1. The SMILES string of the molecule is COc1cccc(-c2ccc3c(N)nn(C)c3c2)c1O. The molecule has 0 fully saturated rings. The van der Waals surface area contributed by atoms with Crippen molar-refractivity contribution in [1.82, 2.24) is 9.78 Å². The molecule has 1 heterocycles. The molecule has 3 rings (SSSR count). The Morgan fingerprint density at radius 3 is 2.80 bits per heavy atom. The first-order valence-electron chi connectivity index (χ1n) is 6.20. The molecule has 2 aromatic carbocycles. The normalized spacial score (nSPS) is 10.9. The smallest absolute Gasteiger partial charge is 0.165 e. The van der Waals surface area contributed by atoms with E-state index in [4.69, 9.17) is 10.5 Å². The lowest BCUT2D eigenvalue weighted by atomic mass is 10.0. The number of nitrogen functional groups attached to an aromatic ring is 1. The Morgan fingerprint density at radius 1 is 1.25 bits per heavy atom. The van der Waals surface area contributed by atoms with Crippen LogP contribution in [0.3, 0.4) is 0 Å². The van der Waals surface area contributed by atoms with Gasteiger partial charge in [0.15, 0.2) is 17.3 Å². The van der Waals surface area contributed by atoms with Gasteiger partial charge in [0.1, 0.15) is 0 Å². The number of phenols is 1. The number of nitrogens with two attached hydrogens (primary N) is 1. The first-order valence-corrected chi connectivity index (χ1v) is 6.20. The van der Waals surface area contributed by atoms with Crippen molar-refractivity contribution in [3.63, 3.8) is 0 Å². The lowest BCUT2D eigenvalue weighted by Crippen LogP contribution is -1.91. The molecule has 5 heteroatoms. The van der Waals surface area contributed by atoms with E-state index >= 15 is 0 Å². The quantitative estimate of drug-likeness (QED) is 0.749. The van der Waals surface area contributed by atoms with E-state index in [9.17, 15) is 5.11 Å². The molecule has 0 bridgehead atoms. The lowest BCUT2D eigenvalue weighted by Gasteiger charge is -2.09. The summed E-state index contributed by atoms with van der Waals surface area (Å²) in [6.07, 6.45) is 0. The van der Waals surface area contributed by atoms with Crippen molar-refractivity contribution in [3.8, 4) is 22.6 Å². The van der Waals surface area contributed by atoms with Crippen LogP contribution in [0.5, 0.6) is 11.5 Å². The highest BCUT2D eigenvalue weighted by Gasteiger charge is 2.12. The fraction of sp³-hybridized carbons (Fsp3) is 0.133. The number of fused-ring (bicyclic) bond motifs is 1. The van der Waals surface area contributed by atoms with E-state index in [0.717, 1.165) is 16.5 Å². The zero-order valence-corrected chi connectivity index (χ0v) is 11.3. The van der Waals surface area contributed by atoms with Crippen molar-refractivity contribution in [2.24, 2.45) is 7.05 Å². The Bertz CT molecular complexity index is 793. The van der Waals surface area contributed by atoms with Gasteiger partial charge in [-0.05, 0) is 23.8 Å². The minimum atomic E-state index is 0.129. The van der Waals surface area contributed by atoms with Gasteiger partial charge < -0.3 is 15.6 Å². The maximum absolute atomic E-state index is 10.2. The second-order valence-corrected chi connectivity index (χ2v) is 4.60. The number of nitrogens with zero attached hydrogens (tertiary/aromatic N) is 2. The van der Waals surface area contributed by atoms with Crippen molar-refractivity contribution in [2.45, 2.75) is 0 Å². The van der Waals surface area contributed by atoms with Crippen molar-refractivity contribution >= 4 is 16.7 Å². The van der Waals surface area contributed by atoms with Gasteiger partial charge in [-0.3, -0.25) is 4.68 Å². The van der Waals surface area contributed by atoms with Crippen LogP contribution >= 0.6 is 0 Å². The maximum atomic E-state index is 10.2. The van der Waals surface area contributed by atoms with Crippen LogP contribution in [0.2, 0.25) is 0 Å². The Morgan fingerprint density at radius 2 is 2.05 bits per heavy atom. The number of aromatic hydroxyl groups is 1. The van der Waals surface area contributed by atoms with Gasteiger partial charge in [-0.15, -0.1) is 0 Å². The van der Waals surface area contributed by atoms with Gasteiger partial charge in [-0.25, -0.2) is 0 Å². The maximum Gasteiger partial charge on any atom is 0.165 e. The highest BCUT2D eigenvalue weighted by molar-refractivity contribution is 5.93. The number of hydrogen-bond acceptors (Lipinski definition) is 4. The summed E-state index contributed by atoms with van der Waals surface area (Å²) in [4.78, 5) is 0. The second kappa shape index (κ2) is 4.45. The van der Waals surface area contributed by atoms with Gasteiger partial charge in [-0.2, -0.15) is 5.10 Å². The van der Waals surface area contributed by atoms with Crippen LogP contribution in [-0.4, -0.2) is 22.0 Å². The third-order valence-corrected chi connectivity index (χ3v) is 3.41. The predicted octanol–water partition coefficient (Wildman–Crippen LogP) is 2.54. The molecule has 0 aliphatic rings. The summed E-state index contributed by atoms with van der Waals surface area (Å²) in [6, 6.07) is 11.2. The number of anilines is 1. The van der Waals surface area contributed by atoms with Gasteiger partial charge in [0.2, 0.25) is 0 Å². The molecular formula is C15H15N3O2. The highest BCUT2D eigenvalue weighted by Crippen LogP contribution is 2.38. The molecule has 0 spiro atoms. The van der Waals surface area contributed by atoms with Gasteiger partial charge in [0, 0.05) is 18.0 Å². The van der Waals surface area contributed by atoms with Crippen LogP contribution in [0, 0.1) is 0 Å². The number of ether oxygens (including phenoxy) is 1. The van der Waals surface area contributed by atoms with Crippen molar-refractivity contribution in [1.29, 1.82) is 0 Å². The summed E-state index contributed by atoms with van der Waals surface area (Å²) in [7, 11) is 3.37. The number of benzene rings is 2. The van der Waals surface area contributed by atoms with Crippen molar-refractivity contribution in [3.05, 3.63) is 36.4 Å². The van der Waals surface area contributed by atoms with E-state index in [1.54, 1.807) is 10.7 Å². The number of aryl methyl sites for hydroxylation is 1. The third kappa shape index (κ3) is 1.75. The fourth-order valence-electron chi connectivity index (χ4n) is 2.37. The molecule has 102 valence electrons. The molecule has 0 aliphatic carbocycles. The first kappa shape index (κ1) is 12.3. The highest BCUT2D eigenvalue weighted by atomic mass is 16.5. The summed E-state index contributed by atoms with van der Waals surface area (Å²) in [5.74, 6) is 1.08. The summed E-state index contributed by atoms with van der Waals surface area (Å²) < 4.78 is 6.86. The Balaban J connectivity index is 2.22. The summed E-state index contributed by atoms with van der Waals surface area (Å²) in [5, 5.41) is 15.3. The molecule has 0 radical (unpaired) electrons. The molecule has 0 amide bonds. The number of aromatic nitrogens is 2. The molecule has 5 nitrogen and oxygen atoms in total. The molecule has 0 saturated heterocycles. The van der Waals surface area contributed by atoms with Gasteiger partial charge >= 0.3 is 0 Å². The van der Waals surface area contributed by atoms with Gasteiger partial charge in [0.05, 0.1) is 12.6 Å². The molecule has 0 aliphatic heterocycles. The average Bonchev–Trinajstić information content (AvgIpc) is 2.74. The molecule has 3 N–H and O–H groups in total. The minimum Gasteiger partial charge on any atom is -0.504 e. The molecule has 3 aromatic rings. The van der Waals surface area contributed by atoms with E-state index in [1.807, 2.05) is 37.4 Å². The minimum absolute atomic E-state index is 0.129. The average molecular weight is 269 g/mol. The fourth-order valence-corrected chi connectivity index (χ4v) is 2.37. The summed E-state index contributed by atoms with van der Waals surface area (Å²) >= 11 is 0. The standard InChI is InChI=1S/C15H15N3O2/c1-18-12-8-9(6-7-11(12)15(16)17-18)10-4-3-5-13(20-2)14(10)19/h3-8,19H,1-2H3,(H2,16,17). The van der Waals surface area contributed by atoms with Crippen LogP contribution in [0.1, 0.15) is 0 Å². The number of rotatable bonds is 2. The van der Waals surface area contributed by atoms with E-state index < -0.39 is 0 Å². The van der Waals surface area contributed by atoms with Crippen LogP contribution in [0.4, 0.5) is 5.82 Å². The van der Waals surface area contributed by atoms with Crippen LogP contribution < -0.4 is 10.5 Å². The first-order chi connectivity index (χ1) is 9.61. The molecule has 0 unspecified atom stereocenters. The van der Waals surface area contributed by atoms with E-state index in [1.165, 1.54) is 7.11 Å². The molecule has 0 saturated carbocycles. The lowest BCUT2D eigenvalue weighted by molar-refractivity contribution is 0.374. The van der Waals surface area contributed by atoms with Gasteiger partial charge in [0.25, 0.3) is 0 Å². The van der Waals surface area contributed by atoms with E-state index in [2.05, 4.69) is 5.10 Å². The van der Waals surface area contributed by atoms with E-state index in [0.29, 0.717) is 17.1 Å². The zero-order chi connectivity index (χ0) is 14.3. The summed E-state index contributed by atoms with van der Waals surface area (Å²) in [6.45, 7) is 0. The molecule has 0 atom stereocenters. The topological polar surface area (TPSA) is 73.3 Å². The number of para-hydroxylation sites is 1. The zero-order valence-electron chi connectivity index (χ0n) is 11.3. The number of hydrogen-bond donors (Lipinski definition) is 2. The summed E-state index contributed by atoms with van der Waals surface area (Å²) in [5.41, 5.74) is 8.36. The molecule has 1 aromatic heterocycles. The predicted molar refractivity (Wildman–Crippen MR) is 78.8 cm³/mol. The van der Waals surface area contributed by atoms with Gasteiger partial charge in [-0.1, -0.05) is 18.2 Å². The Kier molecular flexibility index (Phi) is 2.75. The van der Waals surface area contributed by atoms with Crippen LogP contribution in [0.25, 0.3) is 22.0 Å². The van der Waals surface area contributed by atoms with Crippen molar-refractivity contribution < 1.29 is 9.84 Å². The third-order valence-electron chi connectivity index (χ3n) is 3.41. The second-order valence-electron chi connectivity index (χ2n) is 4.60. The number of phenolic OH excluding ortho intramolecular Hbond substituents is 1. The van der Waals surface area contributed by atoms with Crippen LogP contribution in [-0.2, 0) is 7.05 Å². The largest absolute Gasteiger partial charge is 0.504 e. The molecular weight excluding hydrogens is 254 g/mol. The van der Waals surface area contributed by atoms with Crippen LogP contribution in [0.15, 0.2) is 36.4 Å².